The van der Waals surface area contributed by atoms with Crippen LogP contribution in [0.2, 0.25) is 0 Å². The van der Waals surface area contributed by atoms with Gasteiger partial charge >= 0.3 is 0 Å². The van der Waals surface area contributed by atoms with Crippen LogP contribution in [-0.4, -0.2) is 30.6 Å². The molecule has 0 aromatic heterocycles. The first-order valence-corrected chi connectivity index (χ1v) is 4.22. The zero-order chi connectivity index (χ0) is 7.98. The molecule has 2 N–H and O–H groups in total. The van der Waals surface area contributed by atoms with Gasteiger partial charge in [-0.25, -0.2) is 0 Å². The van der Waals surface area contributed by atoms with Gasteiger partial charge in [0, 0.05) is 12.6 Å². The maximum atomic E-state index is 5.78. The van der Waals surface area contributed by atoms with Crippen LogP contribution in [-0.2, 0) is 0 Å². The maximum absolute atomic E-state index is 5.78. The second-order valence-corrected chi connectivity index (χ2v) is 2.65. The van der Waals surface area contributed by atoms with Gasteiger partial charge in [-0.3, -0.25) is 0 Å². The van der Waals surface area contributed by atoms with E-state index in [1.54, 1.807) is 0 Å². The van der Waals surface area contributed by atoms with Crippen molar-refractivity contribution in [2.24, 2.45) is 5.73 Å². The van der Waals surface area contributed by atoms with Gasteiger partial charge in [-0.2, -0.15) is 0 Å². The molecular weight excluding hydrogens is 124 g/mol. The van der Waals surface area contributed by atoms with Crippen LogP contribution in [0.3, 0.4) is 0 Å². The molecule has 10 heavy (non-hydrogen) atoms. The van der Waals surface area contributed by atoms with Crippen LogP contribution in [0.25, 0.3) is 0 Å². The number of hydrogen-bond acceptors (Lipinski definition) is 2. The number of likely N-dealkylation sites (N-methyl/N-ethyl adjacent to an activating group) is 1. The molecule has 0 rings (SSSR count). The summed E-state index contributed by atoms with van der Waals surface area (Å²) in [6, 6.07) is 0.361. The highest BCUT2D eigenvalue weighted by molar-refractivity contribution is 4.63. The van der Waals surface area contributed by atoms with E-state index >= 15 is 0 Å². The standard InChI is InChI=1S/C8H20N2/c1-4-8(9)7-10(5-2)6-3/h8H,4-7,9H2,1-3H3/t8-/m1/s1. The quantitative estimate of drug-likeness (QED) is 0.625. The summed E-state index contributed by atoms with van der Waals surface area (Å²) in [4.78, 5) is 2.36. The minimum Gasteiger partial charge on any atom is -0.327 e. The van der Waals surface area contributed by atoms with Gasteiger partial charge in [0.2, 0.25) is 0 Å². The third-order valence-corrected chi connectivity index (χ3v) is 1.91. The van der Waals surface area contributed by atoms with Gasteiger partial charge in [0.25, 0.3) is 0 Å². The van der Waals surface area contributed by atoms with Gasteiger partial charge < -0.3 is 10.6 Å². The molecule has 0 aromatic carbocycles. The Morgan fingerprint density at radius 2 is 1.70 bits per heavy atom. The van der Waals surface area contributed by atoms with Gasteiger partial charge in [0.15, 0.2) is 0 Å². The summed E-state index contributed by atoms with van der Waals surface area (Å²) in [7, 11) is 0. The Morgan fingerprint density at radius 3 is 2.00 bits per heavy atom. The molecule has 2 heteroatoms. The second kappa shape index (κ2) is 5.69. The van der Waals surface area contributed by atoms with Crippen molar-refractivity contribution in [3.8, 4) is 0 Å². The minimum atomic E-state index is 0.361. The largest absolute Gasteiger partial charge is 0.327 e. The molecule has 0 fully saturated rings. The molecule has 0 saturated carbocycles. The molecule has 0 aliphatic heterocycles. The van der Waals surface area contributed by atoms with Gasteiger partial charge in [-0.1, -0.05) is 20.8 Å². The van der Waals surface area contributed by atoms with Gasteiger partial charge in [0.05, 0.1) is 0 Å². The first-order valence-electron chi connectivity index (χ1n) is 4.22. The van der Waals surface area contributed by atoms with Crippen molar-refractivity contribution in [3.63, 3.8) is 0 Å². The third-order valence-electron chi connectivity index (χ3n) is 1.91. The van der Waals surface area contributed by atoms with Gasteiger partial charge in [-0.05, 0) is 19.5 Å². The SMILES string of the molecule is CC[C@@H](N)CN(CC)CC. The lowest BCUT2D eigenvalue weighted by molar-refractivity contribution is 0.281. The molecule has 0 bridgehead atoms. The lowest BCUT2D eigenvalue weighted by Crippen LogP contribution is -2.36. The fourth-order valence-corrected chi connectivity index (χ4v) is 0.943. The molecule has 0 heterocycles. The number of hydrogen-bond donors (Lipinski definition) is 1. The van der Waals surface area contributed by atoms with Crippen LogP contribution in [0.4, 0.5) is 0 Å². The number of nitrogens with two attached hydrogens (primary N) is 1. The van der Waals surface area contributed by atoms with Crippen LogP contribution in [0.1, 0.15) is 27.2 Å². The maximum Gasteiger partial charge on any atom is 0.0165 e. The molecule has 0 saturated heterocycles. The summed E-state index contributed by atoms with van der Waals surface area (Å²) in [6.45, 7) is 9.75. The predicted molar refractivity (Wildman–Crippen MR) is 46.1 cm³/mol. The fourth-order valence-electron chi connectivity index (χ4n) is 0.943. The molecule has 0 spiro atoms. The molecule has 0 amide bonds. The van der Waals surface area contributed by atoms with Crippen LogP contribution < -0.4 is 5.73 Å². The summed E-state index contributed by atoms with van der Waals surface area (Å²) in [6.07, 6.45) is 1.08. The molecule has 62 valence electrons. The van der Waals surface area contributed by atoms with Crippen LogP contribution in [0.5, 0.6) is 0 Å². The van der Waals surface area contributed by atoms with Gasteiger partial charge in [0.1, 0.15) is 0 Å². The average molecular weight is 144 g/mol. The Kier molecular flexibility index (Phi) is 5.64. The van der Waals surface area contributed by atoms with Crippen molar-refractivity contribution in [3.05, 3.63) is 0 Å². The van der Waals surface area contributed by atoms with E-state index in [4.69, 9.17) is 5.73 Å². The van der Waals surface area contributed by atoms with Crippen molar-refractivity contribution < 1.29 is 0 Å². The molecular formula is C8H20N2. The predicted octanol–water partition coefficient (Wildman–Crippen LogP) is 1.07. The van der Waals surface area contributed by atoms with E-state index in [1.807, 2.05) is 0 Å². The zero-order valence-corrected chi connectivity index (χ0v) is 7.43. The minimum absolute atomic E-state index is 0.361. The Bertz CT molecular complexity index is 69.7. The van der Waals surface area contributed by atoms with Crippen LogP contribution >= 0.6 is 0 Å². The van der Waals surface area contributed by atoms with Gasteiger partial charge in [-0.15, -0.1) is 0 Å². The molecule has 0 unspecified atom stereocenters. The average Bonchev–Trinajstić information content (AvgIpc) is 1.99. The highest BCUT2D eigenvalue weighted by atomic mass is 15.1. The van der Waals surface area contributed by atoms with E-state index in [0.717, 1.165) is 26.1 Å². The summed E-state index contributed by atoms with van der Waals surface area (Å²) in [5.74, 6) is 0. The first-order chi connectivity index (χ1) is 4.74. The molecule has 0 aliphatic rings. The zero-order valence-electron chi connectivity index (χ0n) is 7.43. The lowest BCUT2D eigenvalue weighted by atomic mass is 10.2. The molecule has 0 aromatic rings. The molecule has 1 atom stereocenters. The van der Waals surface area contributed by atoms with Crippen molar-refractivity contribution >= 4 is 0 Å². The Balaban J connectivity index is 3.41. The van der Waals surface area contributed by atoms with E-state index in [1.165, 1.54) is 0 Å². The van der Waals surface area contributed by atoms with Crippen molar-refractivity contribution in [2.45, 2.75) is 33.2 Å². The van der Waals surface area contributed by atoms with Crippen molar-refractivity contribution in [1.82, 2.24) is 4.90 Å². The summed E-state index contributed by atoms with van der Waals surface area (Å²) in [5.41, 5.74) is 5.78. The fraction of sp³-hybridized carbons (Fsp3) is 1.00. The van der Waals surface area contributed by atoms with E-state index < -0.39 is 0 Å². The number of nitrogens with zero attached hydrogens (tertiary/aromatic N) is 1. The molecule has 0 radical (unpaired) electrons. The molecule has 2 nitrogen and oxygen atoms in total. The third kappa shape index (κ3) is 3.85. The second-order valence-electron chi connectivity index (χ2n) is 2.65. The molecule has 0 aliphatic carbocycles. The van der Waals surface area contributed by atoms with Crippen molar-refractivity contribution in [2.75, 3.05) is 19.6 Å². The first kappa shape index (κ1) is 9.92. The van der Waals surface area contributed by atoms with Crippen LogP contribution in [0.15, 0.2) is 0 Å². The Hall–Kier alpha value is -0.0800. The van der Waals surface area contributed by atoms with E-state index in [-0.39, 0.29) is 0 Å². The lowest BCUT2D eigenvalue weighted by Gasteiger charge is -2.21. The normalized spacial score (nSPS) is 14.1. The van der Waals surface area contributed by atoms with Crippen molar-refractivity contribution in [1.29, 1.82) is 0 Å². The monoisotopic (exact) mass is 144 g/mol. The topological polar surface area (TPSA) is 29.3 Å². The highest BCUT2D eigenvalue weighted by Gasteiger charge is 2.03. The van der Waals surface area contributed by atoms with E-state index in [0.29, 0.717) is 6.04 Å². The smallest absolute Gasteiger partial charge is 0.0165 e. The van der Waals surface area contributed by atoms with Crippen LogP contribution in [0, 0.1) is 0 Å². The summed E-state index contributed by atoms with van der Waals surface area (Å²) in [5, 5.41) is 0. The Morgan fingerprint density at radius 1 is 1.20 bits per heavy atom. The summed E-state index contributed by atoms with van der Waals surface area (Å²) >= 11 is 0. The van der Waals surface area contributed by atoms with E-state index in [2.05, 4.69) is 25.7 Å². The van der Waals surface area contributed by atoms with E-state index in [9.17, 15) is 0 Å². The number of rotatable bonds is 5. The highest BCUT2D eigenvalue weighted by Crippen LogP contribution is 1.92. The summed E-state index contributed by atoms with van der Waals surface area (Å²) < 4.78 is 0. The Labute approximate surface area is 64.4 Å².